The minimum atomic E-state index is -2.26. The maximum absolute atomic E-state index is 14.2. The van der Waals surface area contributed by atoms with E-state index < -0.39 is 26.1 Å². The zero-order valence-electron chi connectivity index (χ0n) is 27.9. The molecule has 0 amide bonds. The third-order valence-electron chi connectivity index (χ3n) is 9.20. The number of hydrogen-bond donors (Lipinski definition) is 0. The number of hydrogen-bond acceptors (Lipinski definition) is 9. The summed E-state index contributed by atoms with van der Waals surface area (Å²) in [5, 5.41) is -0.0460. The molecule has 2 fully saturated rings. The van der Waals surface area contributed by atoms with Crippen molar-refractivity contribution >= 4 is 14.1 Å². The zero-order valence-corrected chi connectivity index (χ0v) is 28.9. The van der Waals surface area contributed by atoms with Crippen LogP contribution < -0.4 is 4.74 Å². The quantitative estimate of drug-likeness (QED) is 0.144. The van der Waals surface area contributed by atoms with E-state index in [1.54, 1.807) is 34.5 Å². The van der Waals surface area contributed by atoms with Gasteiger partial charge in [0.15, 0.2) is 19.7 Å². The molecular weight excluding hydrogens is 568 g/mol. The van der Waals surface area contributed by atoms with Crippen molar-refractivity contribution < 1.29 is 42.4 Å². The van der Waals surface area contributed by atoms with Gasteiger partial charge in [0.2, 0.25) is 0 Å². The Hall–Kier alpha value is -1.79. The fourth-order valence-corrected chi connectivity index (χ4v) is 6.71. The van der Waals surface area contributed by atoms with Crippen LogP contribution in [0.5, 0.6) is 5.75 Å². The van der Waals surface area contributed by atoms with E-state index in [-0.39, 0.29) is 29.1 Å². The van der Waals surface area contributed by atoms with Crippen LogP contribution in [0.15, 0.2) is 36.1 Å². The number of carbonyl (C=O) groups excluding carboxylic acids is 1. The van der Waals surface area contributed by atoms with E-state index in [1.165, 1.54) is 0 Å². The normalized spacial score (nSPS) is 28.9. The fraction of sp³-hybridized carbons (Fsp3) is 0.727. The lowest BCUT2D eigenvalue weighted by molar-refractivity contribution is -0.223. The summed E-state index contributed by atoms with van der Waals surface area (Å²) in [5.74, 6) is 1.11. The second-order valence-corrected chi connectivity index (χ2v) is 18.0. The van der Waals surface area contributed by atoms with Crippen LogP contribution in [0.4, 0.5) is 0 Å². The monoisotopic (exact) mass is 622 g/mol. The summed E-state index contributed by atoms with van der Waals surface area (Å²) < 4.78 is 48.1. The molecule has 0 aromatic heterocycles. The van der Waals surface area contributed by atoms with Crippen molar-refractivity contribution in [1.29, 1.82) is 0 Å². The summed E-state index contributed by atoms with van der Waals surface area (Å²) in [5.41, 5.74) is -0.201. The van der Waals surface area contributed by atoms with Gasteiger partial charge in [0.1, 0.15) is 17.6 Å². The number of carbonyl (C=O) groups is 1. The molecule has 2 aliphatic rings. The molecule has 6 atom stereocenters. The third kappa shape index (κ3) is 9.12. The number of methoxy groups -OCH3 is 4. The van der Waals surface area contributed by atoms with Crippen molar-refractivity contribution in [2.75, 3.05) is 41.7 Å². The minimum absolute atomic E-state index is 0.0460. The van der Waals surface area contributed by atoms with Gasteiger partial charge in [0.25, 0.3) is 0 Å². The molecular formula is C33H54O9Si. The summed E-state index contributed by atoms with van der Waals surface area (Å²) in [6, 6.07) is 7.84. The van der Waals surface area contributed by atoms with Crippen LogP contribution in [0, 0.1) is 0 Å². The maximum atomic E-state index is 14.2. The summed E-state index contributed by atoms with van der Waals surface area (Å²) in [4.78, 5) is 14.2. The molecule has 244 valence electrons. The molecule has 0 saturated carbocycles. The number of benzene rings is 1. The predicted molar refractivity (Wildman–Crippen MR) is 168 cm³/mol. The summed E-state index contributed by atoms with van der Waals surface area (Å²) in [7, 11) is 4.25. The average Bonchev–Trinajstić information content (AvgIpc) is 2.97. The van der Waals surface area contributed by atoms with Gasteiger partial charge in [-0.2, -0.15) is 0 Å². The Labute approximate surface area is 259 Å². The van der Waals surface area contributed by atoms with E-state index in [4.69, 9.17) is 37.6 Å². The molecule has 9 nitrogen and oxygen atoms in total. The van der Waals surface area contributed by atoms with Crippen LogP contribution in [-0.4, -0.2) is 91.9 Å². The van der Waals surface area contributed by atoms with Gasteiger partial charge in [-0.05, 0) is 55.6 Å². The first kappa shape index (κ1) is 35.7. The highest BCUT2D eigenvalue weighted by Crippen LogP contribution is 2.42. The van der Waals surface area contributed by atoms with Gasteiger partial charge in [-0.15, -0.1) is 0 Å². The first-order valence-electron chi connectivity index (χ1n) is 15.3. The summed E-state index contributed by atoms with van der Waals surface area (Å²) >= 11 is 0. The van der Waals surface area contributed by atoms with Crippen molar-refractivity contribution in [3.63, 3.8) is 0 Å². The molecule has 0 bridgehead atoms. The predicted octanol–water partition coefficient (Wildman–Crippen LogP) is 5.85. The van der Waals surface area contributed by atoms with Crippen LogP contribution in [0.25, 0.3) is 0 Å². The van der Waals surface area contributed by atoms with Crippen LogP contribution in [0.3, 0.4) is 0 Å². The Morgan fingerprint density at radius 3 is 2.35 bits per heavy atom. The smallest absolute Gasteiger partial charge is 0.193 e. The number of rotatable bonds is 14. The van der Waals surface area contributed by atoms with Crippen molar-refractivity contribution in [2.45, 2.75) is 114 Å². The molecule has 0 N–H and O–H groups in total. The van der Waals surface area contributed by atoms with Crippen LogP contribution in [-0.2, 0) is 44.2 Å². The average molecular weight is 623 g/mol. The maximum Gasteiger partial charge on any atom is 0.193 e. The van der Waals surface area contributed by atoms with E-state index in [1.807, 2.05) is 31.2 Å². The molecule has 1 aromatic carbocycles. The SMILES string of the molecule is COC[C@H]1O[C@@](C)(C(=O)/C=C(/C[C@H]2OCCC[C@@H]2OCc2ccc(OC)cc2)OC)[C@H](O[Si](C)(C)C(C)(C)C)C[C@@H]1OC. The lowest BCUT2D eigenvalue weighted by atomic mass is 9.84. The standard InChI is InChI=1S/C33H54O9Si/c1-32(2,3)43(9,10)42-31-20-27(38-8)29(22-35-5)41-33(31,4)30(34)19-25(37-7)18-28-26(12-11-17-39-28)40-21-23-13-15-24(36-6)16-14-23/h13-16,19,26-29,31H,11-12,17-18,20-22H2,1-10H3/b25-19-/t26-,27-,28+,29+,31+,33-/m0/s1. The highest BCUT2D eigenvalue weighted by atomic mass is 28.4. The van der Waals surface area contributed by atoms with Gasteiger partial charge < -0.3 is 37.6 Å². The van der Waals surface area contributed by atoms with Gasteiger partial charge in [-0.25, -0.2) is 0 Å². The Morgan fingerprint density at radius 2 is 1.77 bits per heavy atom. The van der Waals surface area contributed by atoms with E-state index in [0.717, 1.165) is 24.2 Å². The molecule has 2 saturated heterocycles. The molecule has 0 radical (unpaired) electrons. The Morgan fingerprint density at radius 1 is 1.07 bits per heavy atom. The Balaban J connectivity index is 1.81. The van der Waals surface area contributed by atoms with Crippen LogP contribution in [0.1, 0.15) is 58.9 Å². The summed E-state index contributed by atoms with van der Waals surface area (Å²) in [6.45, 7) is 14.1. The molecule has 0 unspecified atom stereocenters. The molecule has 0 aliphatic carbocycles. The second kappa shape index (κ2) is 15.5. The first-order valence-corrected chi connectivity index (χ1v) is 18.2. The van der Waals surface area contributed by atoms with E-state index in [9.17, 15) is 4.79 Å². The van der Waals surface area contributed by atoms with E-state index in [2.05, 4.69) is 33.9 Å². The third-order valence-corrected chi connectivity index (χ3v) is 13.7. The second-order valence-electron chi connectivity index (χ2n) is 13.2. The first-order chi connectivity index (χ1) is 20.3. The number of ketones is 1. The van der Waals surface area contributed by atoms with Crippen LogP contribution >= 0.6 is 0 Å². The van der Waals surface area contributed by atoms with E-state index in [0.29, 0.717) is 38.4 Å². The molecule has 0 spiro atoms. The van der Waals surface area contributed by atoms with E-state index >= 15 is 0 Å². The molecule has 43 heavy (non-hydrogen) atoms. The van der Waals surface area contributed by atoms with Gasteiger partial charge >= 0.3 is 0 Å². The van der Waals surface area contributed by atoms with Crippen molar-refractivity contribution in [3.8, 4) is 5.75 Å². The van der Waals surface area contributed by atoms with Crippen molar-refractivity contribution in [2.24, 2.45) is 0 Å². The summed E-state index contributed by atoms with van der Waals surface area (Å²) in [6.07, 6.45) is 2.70. The Bertz CT molecular complexity index is 1050. The van der Waals surface area contributed by atoms with Gasteiger partial charge in [0.05, 0.1) is 51.8 Å². The van der Waals surface area contributed by atoms with Crippen LogP contribution in [0.2, 0.25) is 18.1 Å². The minimum Gasteiger partial charge on any atom is -0.501 e. The fourth-order valence-electron chi connectivity index (χ4n) is 5.32. The topological polar surface area (TPSA) is 90.9 Å². The highest BCUT2D eigenvalue weighted by molar-refractivity contribution is 6.74. The molecule has 1 aromatic rings. The highest BCUT2D eigenvalue weighted by Gasteiger charge is 2.54. The molecule has 3 rings (SSSR count). The molecule has 10 heteroatoms. The largest absolute Gasteiger partial charge is 0.501 e. The van der Waals surface area contributed by atoms with Crippen molar-refractivity contribution in [3.05, 3.63) is 41.7 Å². The lowest BCUT2D eigenvalue weighted by Gasteiger charge is -2.50. The van der Waals surface area contributed by atoms with Gasteiger partial charge in [0, 0.05) is 39.7 Å². The van der Waals surface area contributed by atoms with Crippen molar-refractivity contribution in [1.82, 2.24) is 0 Å². The number of ether oxygens (including phenoxy) is 7. The zero-order chi connectivity index (χ0) is 31.8. The van der Waals surface area contributed by atoms with Gasteiger partial charge in [-0.1, -0.05) is 32.9 Å². The molecule has 2 heterocycles. The lowest BCUT2D eigenvalue weighted by Crippen LogP contribution is -2.63. The molecule has 2 aliphatic heterocycles. The van der Waals surface area contributed by atoms with Gasteiger partial charge in [-0.3, -0.25) is 4.79 Å². The Kier molecular flexibility index (Phi) is 12.8.